The summed E-state index contributed by atoms with van der Waals surface area (Å²) in [5, 5.41) is 3.42. The maximum atomic E-state index is 12.5. The molecule has 0 spiro atoms. The van der Waals surface area contributed by atoms with Crippen molar-refractivity contribution < 1.29 is 4.79 Å². The molecule has 1 fully saturated rings. The summed E-state index contributed by atoms with van der Waals surface area (Å²) >= 11 is 0. The average Bonchev–Trinajstić information content (AvgIpc) is 2.49. The van der Waals surface area contributed by atoms with Gasteiger partial charge in [0, 0.05) is 25.5 Å². The van der Waals surface area contributed by atoms with E-state index < -0.39 is 0 Å². The highest BCUT2D eigenvalue weighted by Gasteiger charge is 2.20. The van der Waals surface area contributed by atoms with Gasteiger partial charge in [0.25, 0.3) is 0 Å². The Kier molecular flexibility index (Phi) is 5.99. The van der Waals surface area contributed by atoms with Gasteiger partial charge in [-0.25, -0.2) is 0 Å². The van der Waals surface area contributed by atoms with Crippen molar-refractivity contribution >= 4 is 5.91 Å². The molecule has 0 aromatic carbocycles. The van der Waals surface area contributed by atoms with Gasteiger partial charge in [0.15, 0.2) is 0 Å². The van der Waals surface area contributed by atoms with Crippen LogP contribution in [-0.4, -0.2) is 42.0 Å². The Morgan fingerprint density at radius 2 is 2.25 bits per heavy atom. The molecule has 0 bridgehead atoms. The van der Waals surface area contributed by atoms with Crippen LogP contribution in [-0.2, 0) is 11.2 Å². The van der Waals surface area contributed by atoms with E-state index in [9.17, 15) is 4.79 Å². The molecule has 4 nitrogen and oxygen atoms in total. The van der Waals surface area contributed by atoms with Gasteiger partial charge in [-0.3, -0.25) is 9.78 Å². The summed E-state index contributed by atoms with van der Waals surface area (Å²) in [7, 11) is 0. The maximum absolute atomic E-state index is 12.5. The topological polar surface area (TPSA) is 45.2 Å². The molecule has 1 aromatic heterocycles. The molecule has 0 saturated carbocycles. The zero-order valence-corrected chi connectivity index (χ0v) is 12.3. The van der Waals surface area contributed by atoms with E-state index in [0.717, 1.165) is 38.2 Å². The summed E-state index contributed by atoms with van der Waals surface area (Å²) in [6, 6.07) is 3.84. The normalized spacial score (nSPS) is 18.8. The SMILES string of the molecule is CCCN(CC1CCCNC1)C(=O)Cc1ccncc1. The summed E-state index contributed by atoms with van der Waals surface area (Å²) < 4.78 is 0. The largest absolute Gasteiger partial charge is 0.342 e. The first-order chi connectivity index (χ1) is 9.79. The Morgan fingerprint density at radius 1 is 1.45 bits per heavy atom. The summed E-state index contributed by atoms with van der Waals surface area (Å²) in [5.74, 6) is 0.848. The number of hydrogen-bond acceptors (Lipinski definition) is 3. The van der Waals surface area contributed by atoms with E-state index in [1.54, 1.807) is 12.4 Å². The number of aromatic nitrogens is 1. The Morgan fingerprint density at radius 3 is 2.90 bits per heavy atom. The Bertz CT molecular complexity index is 401. The highest BCUT2D eigenvalue weighted by Crippen LogP contribution is 2.13. The van der Waals surface area contributed by atoms with Crippen molar-refractivity contribution in [3.05, 3.63) is 30.1 Å². The van der Waals surface area contributed by atoms with Crippen molar-refractivity contribution in [2.75, 3.05) is 26.2 Å². The first-order valence-corrected chi connectivity index (χ1v) is 7.67. The fourth-order valence-electron chi connectivity index (χ4n) is 2.77. The van der Waals surface area contributed by atoms with Crippen molar-refractivity contribution in [2.45, 2.75) is 32.6 Å². The zero-order valence-electron chi connectivity index (χ0n) is 12.3. The molecular weight excluding hydrogens is 250 g/mol. The van der Waals surface area contributed by atoms with Crippen LogP contribution in [0.5, 0.6) is 0 Å². The van der Waals surface area contributed by atoms with Crippen LogP contribution in [0.2, 0.25) is 0 Å². The number of nitrogens with zero attached hydrogens (tertiary/aromatic N) is 2. The number of carbonyl (C=O) groups excluding carboxylic acids is 1. The molecule has 110 valence electrons. The first kappa shape index (κ1) is 15.0. The molecule has 0 radical (unpaired) electrons. The highest BCUT2D eigenvalue weighted by atomic mass is 16.2. The van der Waals surface area contributed by atoms with Crippen molar-refractivity contribution in [1.82, 2.24) is 15.2 Å². The van der Waals surface area contributed by atoms with Crippen LogP contribution in [0.25, 0.3) is 0 Å². The van der Waals surface area contributed by atoms with Crippen LogP contribution in [0.3, 0.4) is 0 Å². The van der Waals surface area contributed by atoms with Crippen molar-refractivity contribution in [2.24, 2.45) is 5.92 Å². The molecule has 4 heteroatoms. The maximum Gasteiger partial charge on any atom is 0.227 e. The molecule has 1 amide bonds. The van der Waals surface area contributed by atoms with Crippen LogP contribution in [0.4, 0.5) is 0 Å². The summed E-state index contributed by atoms with van der Waals surface area (Å²) in [6.07, 6.45) is 7.46. The summed E-state index contributed by atoms with van der Waals surface area (Å²) in [6.45, 7) is 6.05. The van der Waals surface area contributed by atoms with Gasteiger partial charge in [0.2, 0.25) is 5.91 Å². The predicted octanol–water partition coefficient (Wildman–Crippen LogP) is 1.86. The predicted molar refractivity (Wildman–Crippen MR) is 80.4 cm³/mol. The van der Waals surface area contributed by atoms with Gasteiger partial charge in [0.1, 0.15) is 0 Å². The van der Waals surface area contributed by atoms with E-state index in [0.29, 0.717) is 12.3 Å². The molecule has 20 heavy (non-hydrogen) atoms. The minimum atomic E-state index is 0.239. The summed E-state index contributed by atoms with van der Waals surface area (Å²) in [5.41, 5.74) is 1.05. The zero-order chi connectivity index (χ0) is 14.2. The van der Waals surface area contributed by atoms with Crippen LogP contribution < -0.4 is 5.32 Å². The van der Waals surface area contributed by atoms with Crippen LogP contribution >= 0.6 is 0 Å². The molecule has 0 aliphatic carbocycles. The second-order valence-corrected chi connectivity index (χ2v) is 5.58. The third kappa shape index (κ3) is 4.60. The van der Waals surface area contributed by atoms with Crippen molar-refractivity contribution in [3.63, 3.8) is 0 Å². The van der Waals surface area contributed by atoms with Gasteiger partial charge >= 0.3 is 0 Å². The van der Waals surface area contributed by atoms with E-state index in [1.165, 1.54) is 12.8 Å². The van der Waals surface area contributed by atoms with E-state index in [4.69, 9.17) is 0 Å². The Hall–Kier alpha value is -1.42. The molecule has 1 atom stereocenters. The van der Waals surface area contributed by atoms with Crippen LogP contribution in [0.1, 0.15) is 31.7 Å². The smallest absolute Gasteiger partial charge is 0.227 e. The number of carbonyl (C=O) groups is 1. The van der Waals surface area contributed by atoms with Gasteiger partial charge in [-0.2, -0.15) is 0 Å². The van der Waals surface area contributed by atoms with Crippen LogP contribution in [0, 0.1) is 5.92 Å². The third-order valence-corrected chi connectivity index (χ3v) is 3.83. The fraction of sp³-hybridized carbons (Fsp3) is 0.625. The molecule has 2 rings (SSSR count). The molecule has 1 aliphatic heterocycles. The quantitative estimate of drug-likeness (QED) is 0.862. The molecule has 1 aromatic rings. The van der Waals surface area contributed by atoms with E-state index in [2.05, 4.69) is 17.2 Å². The molecule has 1 unspecified atom stereocenters. The number of amides is 1. The lowest BCUT2D eigenvalue weighted by Gasteiger charge is -2.30. The van der Waals surface area contributed by atoms with Crippen molar-refractivity contribution in [3.8, 4) is 0 Å². The Labute approximate surface area is 121 Å². The van der Waals surface area contributed by atoms with Crippen LogP contribution in [0.15, 0.2) is 24.5 Å². The van der Waals surface area contributed by atoms with Gasteiger partial charge in [-0.15, -0.1) is 0 Å². The molecule has 1 N–H and O–H groups in total. The van der Waals surface area contributed by atoms with E-state index in [1.807, 2.05) is 17.0 Å². The number of piperidine rings is 1. The van der Waals surface area contributed by atoms with Gasteiger partial charge in [-0.05, 0) is 56.0 Å². The van der Waals surface area contributed by atoms with Crippen molar-refractivity contribution in [1.29, 1.82) is 0 Å². The minimum Gasteiger partial charge on any atom is -0.342 e. The number of hydrogen-bond donors (Lipinski definition) is 1. The second-order valence-electron chi connectivity index (χ2n) is 5.58. The number of rotatable bonds is 6. The monoisotopic (exact) mass is 275 g/mol. The van der Waals surface area contributed by atoms with E-state index >= 15 is 0 Å². The lowest BCUT2D eigenvalue weighted by molar-refractivity contribution is -0.131. The average molecular weight is 275 g/mol. The van der Waals surface area contributed by atoms with Gasteiger partial charge in [-0.1, -0.05) is 6.92 Å². The molecule has 1 saturated heterocycles. The van der Waals surface area contributed by atoms with Gasteiger partial charge in [0.05, 0.1) is 6.42 Å². The summed E-state index contributed by atoms with van der Waals surface area (Å²) in [4.78, 5) is 18.5. The second kappa shape index (κ2) is 8.00. The lowest BCUT2D eigenvalue weighted by Crippen LogP contribution is -2.42. The number of nitrogens with one attached hydrogen (secondary N) is 1. The highest BCUT2D eigenvalue weighted by molar-refractivity contribution is 5.78. The first-order valence-electron chi connectivity index (χ1n) is 7.67. The van der Waals surface area contributed by atoms with E-state index in [-0.39, 0.29) is 5.91 Å². The fourth-order valence-corrected chi connectivity index (χ4v) is 2.77. The molecule has 1 aliphatic rings. The molecular formula is C16H25N3O. The standard InChI is InChI=1S/C16H25N3O/c1-2-10-19(13-15-4-3-7-18-12-15)16(20)11-14-5-8-17-9-6-14/h5-6,8-9,15,18H,2-4,7,10-13H2,1H3. The Balaban J connectivity index is 1.90. The number of pyridine rings is 1. The minimum absolute atomic E-state index is 0.239. The third-order valence-electron chi connectivity index (χ3n) is 3.83. The van der Waals surface area contributed by atoms with Gasteiger partial charge < -0.3 is 10.2 Å². The lowest BCUT2D eigenvalue weighted by atomic mass is 9.98. The molecule has 2 heterocycles.